The Bertz CT molecular complexity index is 1090. The van der Waals surface area contributed by atoms with Crippen LogP contribution in [0.2, 0.25) is 0 Å². The van der Waals surface area contributed by atoms with Crippen molar-refractivity contribution in [2.45, 2.75) is 52.6 Å². The molecule has 192 valence electrons. The van der Waals surface area contributed by atoms with Gasteiger partial charge in [-0.25, -0.2) is 8.42 Å². The second-order valence-corrected chi connectivity index (χ2v) is 10.4. The Morgan fingerprint density at radius 2 is 1.77 bits per heavy atom. The molecule has 0 spiro atoms. The quantitative estimate of drug-likeness (QED) is 0.422. The summed E-state index contributed by atoms with van der Waals surface area (Å²) >= 11 is 0. The minimum atomic E-state index is -3.83. The van der Waals surface area contributed by atoms with Gasteiger partial charge in [0.1, 0.15) is 18.3 Å². The molecule has 0 aromatic heterocycles. The van der Waals surface area contributed by atoms with Crippen molar-refractivity contribution >= 4 is 27.5 Å². The fourth-order valence-corrected chi connectivity index (χ4v) is 4.64. The molecule has 0 fully saturated rings. The first-order chi connectivity index (χ1) is 16.6. The molecule has 0 aliphatic rings. The fraction of sp³-hybridized carbons (Fsp3) is 0.462. The number of aryl methyl sites for hydroxylation is 1. The zero-order valence-corrected chi connectivity index (χ0v) is 22.1. The molecule has 0 heterocycles. The number of nitrogens with one attached hydrogen (secondary N) is 1. The van der Waals surface area contributed by atoms with Gasteiger partial charge in [0, 0.05) is 13.1 Å². The predicted octanol–water partition coefficient (Wildman–Crippen LogP) is 3.49. The highest BCUT2D eigenvalue weighted by atomic mass is 32.2. The first kappa shape index (κ1) is 28.2. The number of ether oxygens (including phenoxy) is 1. The highest BCUT2D eigenvalue weighted by Gasteiger charge is 2.32. The number of nitrogens with zero attached hydrogens (tertiary/aromatic N) is 2. The van der Waals surface area contributed by atoms with Crippen molar-refractivity contribution in [3.63, 3.8) is 0 Å². The van der Waals surface area contributed by atoms with Crippen LogP contribution in [0, 0.1) is 6.92 Å². The van der Waals surface area contributed by atoms with Crippen LogP contribution in [0.3, 0.4) is 0 Å². The van der Waals surface area contributed by atoms with Crippen LogP contribution in [-0.2, 0) is 26.2 Å². The van der Waals surface area contributed by atoms with Gasteiger partial charge in [-0.1, -0.05) is 56.7 Å². The summed E-state index contributed by atoms with van der Waals surface area (Å²) in [7, 11) is -2.38. The van der Waals surface area contributed by atoms with Gasteiger partial charge < -0.3 is 15.0 Å². The van der Waals surface area contributed by atoms with Crippen LogP contribution in [0.25, 0.3) is 0 Å². The predicted molar refractivity (Wildman–Crippen MR) is 139 cm³/mol. The van der Waals surface area contributed by atoms with Crippen molar-refractivity contribution in [2.75, 3.05) is 30.8 Å². The van der Waals surface area contributed by atoms with Crippen LogP contribution >= 0.6 is 0 Å². The van der Waals surface area contributed by atoms with E-state index in [1.54, 1.807) is 18.2 Å². The third kappa shape index (κ3) is 7.99. The number of amides is 2. The summed E-state index contributed by atoms with van der Waals surface area (Å²) in [6.07, 6.45) is 3.22. The van der Waals surface area contributed by atoms with Crippen LogP contribution in [0.15, 0.2) is 48.5 Å². The van der Waals surface area contributed by atoms with Gasteiger partial charge >= 0.3 is 0 Å². The molecule has 9 heteroatoms. The topological polar surface area (TPSA) is 96.0 Å². The van der Waals surface area contributed by atoms with Crippen molar-refractivity contribution < 1.29 is 22.7 Å². The number of sulfonamides is 1. The van der Waals surface area contributed by atoms with Gasteiger partial charge in [0.25, 0.3) is 0 Å². The Labute approximate surface area is 209 Å². The van der Waals surface area contributed by atoms with Gasteiger partial charge in [-0.3, -0.25) is 13.9 Å². The van der Waals surface area contributed by atoms with Crippen LogP contribution in [0.1, 0.15) is 44.2 Å². The number of carbonyl (C=O) groups is 2. The average molecular weight is 504 g/mol. The Morgan fingerprint density at radius 1 is 1.09 bits per heavy atom. The van der Waals surface area contributed by atoms with E-state index in [9.17, 15) is 18.0 Å². The van der Waals surface area contributed by atoms with E-state index in [-0.39, 0.29) is 18.1 Å². The van der Waals surface area contributed by atoms with Gasteiger partial charge in [0.15, 0.2) is 0 Å². The van der Waals surface area contributed by atoms with Crippen molar-refractivity contribution in [1.29, 1.82) is 0 Å². The fourth-order valence-electron chi connectivity index (χ4n) is 3.80. The molecule has 1 N–H and O–H groups in total. The van der Waals surface area contributed by atoms with Gasteiger partial charge in [0.2, 0.25) is 21.8 Å². The SMILES string of the molecule is CCCCNC(=O)[C@H](CC)N(Cc1ccccc1)C(=O)CN(c1cc(C)ccc1OC)S(C)(=O)=O. The van der Waals surface area contributed by atoms with Crippen LogP contribution in [-0.4, -0.2) is 57.6 Å². The molecule has 0 saturated heterocycles. The lowest BCUT2D eigenvalue weighted by atomic mass is 10.1. The zero-order chi connectivity index (χ0) is 26.0. The van der Waals surface area contributed by atoms with E-state index in [1.807, 2.05) is 51.1 Å². The molecular weight excluding hydrogens is 466 g/mol. The van der Waals surface area contributed by atoms with Crippen LogP contribution < -0.4 is 14.4 Å². The van der Waals surface area contributed by atoms with E-state index >= 15 is 0 Å². The number of hydrogen-bond donors (Lipinski definition) is 1. The molecule has 0 unspecified atom stereocenters. The summed E-state index contributed by atoms with van der Waals surface area (Å²) in [6, 6.07) is 13.8. The van der Waals surface area contributed by atoms with Crippen molar-refractivity contribution in [3.05, 3.63) is 59.7 Å². The molecule has 2 amide bonds. The van der Waals surface area contributed by atoms with E-state index in [2.05, 4.69) is 5.32 Å². The summed E-state index contributed by atoms with van der Waals surface area (Å²) in [6.45, 7) is 5.96. The van der Waals surface area contributed by atoms with E-state index in [0.29, 0.717) is 18.7 Å². The second-order valence-electron chi connectivity index (χ2n) is 8.52. The lowest BCUT2D eigenvalue weighted by Gasteiger charge is -2.33. The summed E-state index contributed by atoms with van der Waals surface area (Å²) in [5.41, 5.74) is 1.95. The smallest absolute Gasteiger partial charge is 0.244 e. The number of benzene rings is 2. The van der Waals surface area contributed by atoms with Crippen molar-refractivity contribution in [3.8, 4) is 5.75 Å². The Kier molecular flexibility index (Phi) is 10.6. The monoisotopic (exact) mass is 503 g/mol. The Morgan fingerprint density at radius 3 is 2.34 bits per heavy atom. The highest BCUT2D eigenvalue weighted by molar-refractivity contribution is 7.92. The maximum Gasteiger partial charge on any atom is 0.244 e. The number of methoxy groups -OCH3 is 1. The first-order valence-electron chi connectivity index (χ1n) is 11.9. The molecule has 2 aromatic rings. The molecule has 0 bridgehead atoms. The van der Waals surface area contributed by atoms with Gasteiger partial charge in [-0.2, -0.15) is 0 Å². The molecule has 2 rings (SSSR count). The molecule has 0 radical (unpaired) electrons. The molecule has 0 saturated carbocycles. The summed E-state index contributed by atoms with van der Waals surface area (Å²) < 4.78 is 32.0. The van der Waals surface area contributed by atoms with Gasteiger partial charge in [-0.05, 0) is 43.0 Å². The maximum absolute atomic E-state index is 13.7. The average Bonchev–Trinajstić information content (AvgIpc) is 2.82. The second kappa shape index (κ2) is 13.1. The first-order valence-corrected chi connectivity index (χ1v) is 13.7. The highest BCUT2D eigenvalue weighted by Crippen LogP contribution is 2.31. The van der Waals surface area contributed by atoms with E-state index in [4.69, 9.17) is 4.74 Å². The lowest BCUT2D eigenvalue weighted by Crippen LogP contribution is -2.52. The Hall–Kier alpha value is -3.07. The molecule has 1 atom stereocenters. The van der Waals surface area contributed by atoms with Gasteiger partial charge in [-0.15, -0.1) is 0 Å². The van der Waals surface area contributed by atoms with E-state index in [0.717, 1.165) is 34.5 Å². The minimum Gasteiger partial charge on any atom is -0.495 e. The number of unbranched alkanes of at least 4 members (excludes halogenated alkanes) is 1. The molecular formula is C26H37N3O5S. The standard InChI is InChI=1S/C26H37N3O5S/c1-6-8-16-27-26(31)22(7-2)28(18-21-12-10-9-11-13-21)25(30)19-29(35(5,32)33)23-17-20(3)14-15-24(23)34-4/h9-15,17,22H,6-8,16,18-19H2,1-5H3,(H,27,31)/t22-/m0/s1. The van der Waals surface area contributed by atoms with Crippen LogP contribution in [0.4, 0.5) is 5.69 Å². The molecule has 2 aromatic carbocycles. The zero-order valence-electron chi connectivity index (χ0n) is 21.3. The summed E-state index contributed by atoms with van der Waals surface area (Å²) in [5, 5.41) is 2.91. The Balaban J connectivity index is 2.44. The number of anilines is 1. The largest absolute Gasteiger partial charge is 0.495 e. The molecule has 0 aliphatic carbocycles. The molecule has 0 aliphatic heterocycles. The van der Waals surface area contributed by atoms with Crippen LogP contribution in [0.5, 0.6) is 5.75 Å². The van der Waals surface area contributed by atoms with E-state index < -0.39 is 28.5 Å². The lowest BCUT2D eigenvalue weighted by molar-refractivity contribution is -0.140. The van der Waals surface area contributed by atoms with Gasteiger partial charge in [0.05, 0.1) is 19.1 Å². The van der Waals surface area contributed by atoms with Crippen molar-refractivity contribution in [1.82, 2.24) is 10.2 Å². The normalized spacial score (nSPS) is 12.0. The number of hydrogen-bond acceptors (Lipinski definition) is 5. The molecule has 8 nitrogen and oxygen atoms in total. The van der Waals surface area contributed by atoms with Crippen molar-refractivity contribution in [2.24, 2.45) is 0 Å². The number of carbonyl (C=O) groups excluding carboxylic acids is 2. The third-order valence-electron chi connectivity index (χ3n) is 5.69. The third-order valence-corrected chi connectivity index (χ3v) is 6.82. The minimum absolute atomic E-state index is 0.182. The molecule has 35 heavy (non-hydrogen) atoms. The number of rotatable bonds is 13. The summed E-state index contributed by atoms with van der Waals surface area (Å²) in [5.74, 6) is -0.377. The van der Waals surface area contributed by atoms with E-state index in [1.165, 1.54) is 12.0 Å². The summed E-state index contributed by atoms with van der Waals surface area (Å²) in [4.78, 5) is 28.2. The maximum atomic E-state index is 13.7.